The average Bonchev–Trinajstić information content (AvgIpc) is 2.65. The summed E-state index contributed by atoms with van der Waals surface area (Å²) in [4.78, 5) is 0. The van der Waals surface area contributed by atoms with Gasteiger partial charge in [0.25, 0.3) is 0 Å². The van der Waals surface area contributed by atoms with E-state index in [0.717, 1.165) is 31.2 Å². The largest absolute Gasteiger partial charge is 0.508 e. The van der Waals surface area contributed by atoms with Gasteiger partial charge >= 0.3 is 0 Å². The van der Waals surface area contributed by atoms with E-state index < -0.39 is 0 Å². The van der Waals surface area contributed by atoms with Gasteiger partial charge in [-0.1, -0.05) is 54.6 Å². The van der Waals surface area contributed by atoms with Gasteiger partial charge in [0.15, 0.2) is 0 Å². The first-order chi connectivity index (χ1) is 12.2. The molecule has 0 saturated heterocycles. The van der Waals surface area contributed by atoms with Crippen LogP contribution in [0.25, 0.3) is 0 Å². The highest BCUT2D eigenvalue weighted by atomic mass is 16.5. The van der Waals surface area contributed by atoms with Crippen molar-refractivity contribution in [3.8, 4) is 11.5 Å². The molecule has 3 aromatic carbocycles. The Morgan fingerprint density at radius 1 is 0.640 bits per heavy atom. The van der Waals surface area contributed by atoms with Crippen molar-refractivity contribution >= 4 is 0 Å². The third-order valence-corrected chi connectivity index (χ3v) is 4.43. The number of phenolic OH excluding ortho intramolecular Hbond substituents is 1. The average molecular weight is 332 g/mol. The number of aryl methyl sites for hydroxylation is 4. The summed E-state index contributed by atoms with van der Waals surface area (Å²) in [6, 6.07) is 24.8. The fraction of sp³-hybridized carbons (Fsp3) is 0.217. The van der Waals surface area contributed by atoms with Crippen molar-refractivity contribution in [2.75, 3.05) is 7.11 Å². The maximum Gasteiger partial charge on any atom is 0.122 e. The standard InChI is InChI=1S/C23H24O2/c1-25-23-16-21(15-22(24)17-23)13-12-20-9-5-8-19(14-20)11-10-18-6-3-2-4-7-18/h2-9,14-17,24H,10-13H2,1H3. The van der Waals surface area contributed by atoms with Crippen LogP contribution in [-0.4, -0.2) is 12.2 Å². The van der Waals surface area contributed by atoms with Crippen molar-refractivity contribution < 1.29 is 9.84 Å². The van der Waals surface area contributed by atoms with Crippen LogP contribution < -0.4 is 4.74 Å². The number of hydrogen-bond donors (Lipinski definition) is 1. The molecule has 128 valence electrons. The SMILES string of the molecule is COc1cc(O)cc(CCc2cccc(CCc3ccccc3)c2)c1. The van der Waals surface area contributed by atoms with Crippen LogP contribution in [-0.2, 0) is 25.7 Å². The molecule has 0 radical (unpaired) electrons. The Morgan fingerprint density at radius 3 is 1.92 bits per heavy atom. The molecule has 25 heavy (non-hydrogen) atoms. The van der Waals surface area contributed by atoms with Crippen molar-refractivity contribution in [3.63, 3.8) is 0 Å². The van der Waals surface area contributed by atoms with E-state index in [1.54, 1.807) is 13.2 Å². The molecule has 1 N–H and O–H groups in total. The summed E-state index contributed by atoms with van der Waals surface area (Å²) in [6.45, 7) is 0. The normalized spacial score (nSPS) is 10.6. The quantitative estimate of drug-likeness (QED) is 0.662. The van der Waals surface area contributed by atoms with Gasteiger partial charge in [0.2, 0.25) is 0 Å². The highest BCUT2D eigenvalue weighted by molar-refractivity contribution is 5.38. The van der Waals surface area contributed by atoms with E-state index in [-0.39, 0.29) is 5.75 Å². The summed E-state index contributed by atoms with van der Waals surface area (Å²) in [5.74, 6) is 0.956. The lowest BCUT2D eigenvalue weighted by atomic mass is 9.99. The van der Waals surface area contributed by atoms with E-state index in [1.807, 2.05) is 12.1 Å². The topological polar surface area (TPSA) is 29.5 Å². The van der Waals surface area contributed by atoms with Gasteiger partial charge in [0.05, 0.1) is 7.11 Å². The molecule has 0 aromatic heterocycles. The second-order valence-corrected chi connectivity index (χ2v) is 6.34. The van der Waals surface area contributed by atoms with Gasteiger partial charge in [-0.3, -0.25) is 0 Å². The van der Waals surface area contributed by atoms with Crippen molar-refractivity contribution in [1.82, 2.24) is 0 Å². The second kappa shape index (κ2) is 8.39. The zero-order chi connectivity index (χ0) is 17.5. The number of benzene rings is 3. The van der Waals surface area contributed by atoms with E-state index >= 15 is 0 Å². The van der Waals surface area contributed by atoms with Crippen LogP contribution in [0, 0.1) is 0 Å². The molecule has 0 saturated carbocycles. The maximum atomic E-state index is 9.76. The van der Waals surface area contributed by atoms with Crippen LogP contribution in [0.2, 0.25) is 0 Å². The van der Waals surface area contributed by atoms with Crippen molar-refractivity contribution in [3.05, 3.63) is 95.1 Å². The van der Waals surface area contributed by atoms with E-state index in [2.05, 4.69) is 54.6 Å². The molecule has 0 aliphatic rings. The number of methoxy groups -OCH3 is 1. The third-order valence-electron chi connectivity index (χ3n) is 4.43. The van der Waals surface area contributed by atoms with Crippen LogP contribution in [0.4, 0.5) is 0 Å². The molecule has 0 spiro atoms. The zero-order valence-electron chi connectivity index (χ0n) is 14.6. The van der Waals surface area contributed by atoms with E-state index in [0.29, 0.717) is 5.75 Å². The summed E-state index contributed by atoms with van der Waals surface area (Å²) >= 11 is 0. The Balaban J connectivity index is 1.61. The smallest absolute Gasteiger partial charge is 0.122 e. The molecule has 2 nitrogen and oxygen atoms in total. The fourth-order valence-corrected chi connectivity index (χ4v) is 3.07. The number of rotatable bonds is 7. The van der Waals surface area contributed by atoms with Crippen LogP contribution in [0.5, 0.6) is 11.5 Å². The van der Waals surface area contributed by atoms with E-state index in [4.69, 9.17) is 4.74 Å². The summed E-state index contributed by atoms with van der Waals surface area (Å²) in [5, 5.41) is 9.76. The molecule has 0 unspecified atom stereocenters. The Labute approximate surface area is 149 Å². The zero-order valence-corrected chi connectivity index (χ0v) is 14.6. The van der Waals surface area contributed by atoms with Gasteiger partial charge in [-0.25, -0.2) is 0 Å². The minimum atomic E-state index is 0.256. The molecular weight excluding hydrogens is 308 g/mol. The molecule has 0 aliphatic heterocycles. The van der Waals surface area contributed by atoms with Crippen molar-refractivity contribution in [2.24, 2.45) is 0 Å². The summed E-state index contributed by atoms with van der Waals surface area (Å²) in [5.41, 5.74) is 5.16. The van der Waals surface area contributed by atoms with Gasteiger partial charge in [0, 0.05) is 6.07 Å². The summed E-state index contributed by atoms with van der Waals surface area (Å²) < 4.78 is 5.22. The lowest BCUT2D eigenvalue weighted by Gasteiger charge is -2.08. The fourth-order valence-electron chi connectivity index (χ4n) is 3.07. The predicted octanol–water partition coefficient (Wildman–Crippen LogP) is 4.97. The summed E-state index contributed by atoms with van der Waals surface area (Å²) in [7, 11) is 1.62. The van der Waals surface area contributed by atoms with Crippen LogP contribution in [0.15, 0.2) is 72.8 Å². The molecule has 0 fully saturated rings. The lowest BCUT2D eigenvalue weighted by molar-refractivity contribution is 0.407. The first kappa shape index (κ1) is 17.1. The van der Waals surface area contributed by atoms with E-state index in [9.17, 15) is 5.11 Å². The van der Waals surface area contributed by atoms with Crippen LogP contribution in [0.3, 0.4) is 0 Å². The molecule has 3 aromatic rings. The van der Waals surface area contributed by atoms with Crippen LogP contribution in [0.1, 0.15) is 22.3 Å². The Hall–Kier alpha value is -2.74. The number of ether oxygens (including phenoxy) is 1. The second-order valence-electron chi connectivity index (χ2n) is 6.34. The molecule has 2 heteroatoms. The van der Waals surface area contributed by atoms with Gasteiger partial charge < -0.3 is 9.84 Å². The molecule has 3 rings (SSSR count). The number of phenols is 1. The first-order valence-electron chi connectivity index (χ1n) is 8.71. The predicted molar refractivity (Wildman–Crippen MR) is 102 cm³/mol. The van der Waals surface area contributed by atoms with Gasteiger partial charge in [-0.15, -0.1) is 0 Å². The highest BCUT2D eigenvalue weighted by Gasteiger charge is 2.03. The number of aromatic hydroxyl groups is 1. The van der Waals surface area contributed by atoms with E-state index in [1.165, 1.54) is 16.7 Å². The first-order valence-corrected chi connectivity index (χ1v) is 8.71. The number of hydrogen-bond acceptors (Lipinski definition) is 2. The van der Waals surface area contributed by atoms with Crippen molar-refractivity contribution in [1.29, 1.82) is 0 Å². The molecule has 0 bridgehead atoms. The lowest BCUT2D eigenvalue weighted by Crippen LogP contribution is -1.96. The van der Waals surface area contributed by atoms with Gasteiger partial charge in [0.1, 0.15) is 11.5 Å². The monoisotopic (exact) mass is 332 g/mol. The summed E-state index contributed by atoms with van der Waals surface area (Å²) in [6.07, 6.45) is 3.95. The minimum Gasteiger partial charge on any atom is -0.508 e. The Morgan fingerprint density at radius 2 is 1.24 bits per heavy atom. The third kappa shape index (κ3) is 5.12. The molecule has 0 amide bonds. The minimum absolute atomic E-state index is 0.256. The van der Waals surface area contributed by atoms with Crippen molar-refractivity contribution in [2.45, 2.75) is 25.7 Å². The Kier molecular flexibility index (Phi) is 5.73. The molecular formula is C23H24O2. The molecule has 0 atom stereocenters. The molecule has 0 heterocycles. The van der Waals surface area contributed by atoms with Gasteiger partial charge in [-0.05, 0) is 60.1 Å². The van der Waals surface area contributed by atoms with Crippen LogP contribution >= 0.6 is 0 Å². The van der Waals surface area contributed by atoms with Gasteiger partial charge in [-0.2, -0.15) is 0 Å². The molecule has 0 aliphatic carbocycles. The highest BCUT2D eigenvalue weighted by Crippen LogP contribution is 2.22. The Bertz CT molecular complexity index is 809. The maximum absolute atomic E-state index is 9.76.